The Balaban J connectivity index is 1.18. The van der Waals surface area contributed by atoms with Gasteiger partial charge in [0.15, 0.2) is 22.4 Å². The molecule has 0 atom stereocenters. The second-order valence-electron chi connectivity index (χ2n) is 9.55. The van der Waals surface area contributed by atoms with Gasteiger partial charge in [0.2, 0.25) is 11.8 Å². The topological polar surface area (TPSA) is 129 Å². The summed E-state index contributed by atoms with van der Waals surface area (Å²) < 4.78 is 14.1. The van der Waals surface area contributed by atoms with E-state index in [9.17, 15) is 4.79 Å². The van der Waals surface area contributed by atoms with Crippen molar-refractivity contribution in [2.75, 3.05) is 50.5 Å². The van der Waals surface area contributed by atoms with Crippen LogP contribution < -0.4 is 15.4 Å². The van der Waals surface area contributed by atoms with Crippen LogP contribution >= 0.6 is 0 Å². The first-order valence-electron chi connectivity index (χ1n) is 12.4. The minimum atomic E-state index is -1.04. The molecular formula is C26H31N9O3. The fraction of sp³-hybridized carbons (Fsp3) is 0.423. The number of aromatic nitrogens is 6. The fourth-order valence-corrected chi connectivity index (χ4v) is 4.55. The smallest absolute Gasteiger partial charge is 0.349 e. The monoisotopic (exact) mass is 517 g/mol. The number of carbonyl (C=O) groups excluding carboxylic acids is 1. The number of nitrogens with two attached hydrogens (primary N) is 1. The first-order valence-corrected chi connectivity index (χ1v) is 12.4. The van der Waals surface area contributed by atoms with Crippen molar-refractivity contribution in [3.63, 3.8) is 0 Å². The molecule has 198 valence electrons. The minimum absolute atomic E-state index is 0.254. The van der Waals surface area contributed by atoms with E-state index in [4.69, 9.17) is 15.2 Å². The first kappa shape index (κ1) is 25.3. The van der Waals surface area contributed by atoms with Crippen LogP contribution in [0.25, 0.3) is 16.8 Å². The molecule has 0 saturated carbocycles. The molecule has 2 N–H and O–H groups in total. The van der Waals surface area contributed by atoms with Crippen LogP contribution in [0.3, 0.4) is 0 Å². The van der Waals surface area contributed by atoms with Gasteiger partial charge in [-0.1, -0.05) is 5.92 Å². The van der Waals surface area contributed by atoms with Gasteiger partial charge in [0.1, 0.15) is 5.75 Å². The summed E-state index contributed by atoms with van der Waals surface area (Å²) in [5.41, 5.74) is 8.13. The summed E-state index contributed by atoms with van der Waals surface area (Å²) in [6, 6.07) is 7.82. The highest BCUT2D eigenvalue weighted by Gasteiger charge is 2.31. The number of hydrogen-bond donors (Lipinski definition) is 1. The van der Waals surface area contributed by atoms with Gasteiger partial charge >= 0.3 is 5.97 Å². The van der Waals surface area contributed by atoms with E-state index in [1.54, 1.807) is 27.1 Å². The van der Waals surface area contributed by atoms with Gasteiger partial charge in [0.25, 0.3) is 0 Å². The van der Waals surface area contributed by atoms with E-state index in [0.29, 0.717) is 28.4 Å². The van der Waals surface area contributed by atoms with E-state index in [1.165, 1.54) is 11.6 Å². The number of ether oxygens (including phenoxy) is 2. The molecule has 1 fully saturated rings. The standard InChI is InChI=1S/C26H31N9O3/c1-5-6-20-29-23-21-22(30-25(27)35(23)31-20)34(17-28-21)16-13-32-11-14-33(15-12-32)18-7-9-19(10-8-18)38-26(2,3)24(36)37-4/h7-10,17H,11-16H2,1-4H3,(H2,27,30). The lowest BCUT2D eigenvalue weighted by molar-refractivity contribution is -0.156. The summed E-state index contributed by atoms with van der Waals surface area (Å²) in [4.78, 5) is 30.2. The third kappa shape index (κ3) is 4.92. The van der Waals surface area contributed by atoms with Crippen LogP contribution in [0.15, 0.2) is 30.6 Å². The second-order valence-corrected chi connectivity index (χ2v) is 9.55. The lowest BCUT2D eigenvalue weighted by atomic mass is 10.1. The molecule has 1 aliphatic heterocycles. The zero-order chi connectivity index (χ0) is 26.9. The molecule has 0 amide bonds. The molecule has 4 aromatic rings. The molecule has 12 heteroatoms. The number of anilines is 2. The normalized spacial score (nSPS) is 14.5. The number of piperazine rings is 1. The van der Waals surface area contributed by atoms with Gasteiger partial charge in [0, 0.05) is 45.0 Å². The maximum absolute atomic E-state index is 11.9. The number of nitrogens with zero attached hydrogens (tertiary/aromatic N) is 8. The van der Waals surface area contributed by atoms with E-state index in [2.05, 4.69) is 41.7 Å². The van der Waals surface area contributed by atoms with Gasteiger partial charge in [-0.15, -0.1) is 5.10 Å². The van der Waals surface area contributed by atoms with Crippen molar-refractivity contribution < 1.29 is 14.3 Å². The number of carbonyl (C=O) groups is 1. The van der Waals surface area contributed by atoms with Crippen LogP contribution in [0.4, 0.5) is 11.6 Å². The molecule has 0 bridgehead atoms. The molecule has 3 aromatic heterocycles. The van der Waals surface area contributed by atoms with Crippen molar-refractivity contribution in [2.24, 2.45) is 0 Å². The van der Waals surface area contributed by atoms with Crippen LogP contribution in [0, 0.1) is 11.8 Å². The number of hydrogen-bond acceptors (Lipinski definition) is 10. The SMILES string of the molecule is CC#Cc1nc2c3ncn(CCN4CCN(c5ccc(OC(C)(C)C(=O)OC)cc5)CC4)c3nc(N)n2n1. The van der Waals surface area contributed by atoms with Crippen LogP contribution in [0.5, 0.6) is 5.75 Å². The summed E-state index contributed by atoms with van der Waals surface area (Å²) in [6.07, 6.45) is 1.78. The molecule has 0 radical (unpaired) electrons. The van der Waals surface area contributed by atoms with E-state index >= 15 is 0 Å². The number of benzene rings is 1. The fourth-order valence-electron chi connectivity index (χ4n) is 4.55. The molecule has 5 rings (SSSR count). The highest BCUT2D eigenvalue weighted by atomic mass is 16.6. The lowest BCUT2D eigenvalue weighted by Crippen LogP contribution is -2.47. The van der Waals surface area contributed by atoms with Crippen LogP contribution in [0.2, 0.25) is 0 Å². The van der Waals surface area contributed by atoms with Gasteiger partial charge in [-0.05, 0) is 51.0 Å². The Hall–Kier alpha value is -4.37. The number of methoxy groups -OCH3 is 1. The Morgan fingerprint density at radius 1 is 1.08 bits per heavy atom. The highest BCUT2D eigenvalue weighted by molar-refractivity contribution is 5.86. The largest absolute Gasteiger partial charge is 0.476 e. The van der Waals surface area contributed by atoms with Crippen molar-refractivity contribution in [3.8, 4) is 17.6 Å². The Morgan fingerprint density at radius 3 is 2.50 bits per heavy atom. The van der Waals surface area contributed by atoms with Crippen LogP contribution in [-0.2, 0) is 16.1 Å². The summed E-state index contributed by atoms with van der Waals surface area (Å²) >= 11 is 0. The van der Waals surface area contributed by atoms with Crippen molar-refractivity contribution in [3.05, 3.63) is 36.4 Å². The summed E-state index contributed by atoms with van der Waals surface area (Å²) in [5.74, 6) is 6.52. The molecule has 38 heavy (non-hydrogen) atoms. The molecule has 4 heterocycles. The van der Waals surface area contributed by atoms with Gasteiger partial charge in [-0.25, -0.2) is 9.78 Å². The number of nitrogen functional groups attached to an aromatic ring is 1. The number of fused-ring (bicyclic) bond motifs is 3. The van der Waals surface area contributed by atoms with E-state index in [-0.39, 0.29) is 5.95 Å². The maximum atomic E-state index is 11.9. The third-order valence-electron chi connectivity index (χ3n) is 6.58. The first-order chi connectivity index (χ1) is 18.3. The Morgan fingerprint density at radius 2 is 1.82 bits per heavy atom. The summed E-state index contributed by atoms with van der Waals surface area (Å²) in [6.45, 7) is 10.4. The maximum Gasteiger partial charge on any atom is 0.349 e. The predicted molar refractivity (Wildman–Crippen MR) is 143 cm³/mol. The molecule has 0 aliphatic carbocycles. The average molecular weight is 518 g/mol. The summed E-state index contributed by atoms with van der Waals surface area (Å²) in [5, 5.41) is 4.30. The number of rotatable bonds is 7. The highest BCUT2D eigenvalue weighted by Crippen LogP contribution is 2.24. The van der Waals surface area contributed by atoms with E-state index < -0.39 is 11.6 Å². The van der Waals surface area contributed by atoms with Gasteiger partial charge in [0.05, 0.1) is 13.4 Å². The molecule has 1 aliphatic rings. The average Bonchev–Trinajstić information content (AvgIpc) is 3.52. The third-order valence-corrected chi connectivity index (χ3v) is 6.58. The predicted octanol–water partition coefficient (Wildman–Crippen LogP) is 1.58. The van der Waals surface area contributed by atoms with Crippen LogP contribution in [0.1, 0.15) is 26.6 Å². The molecular weight excluding hydrogens is 486 g/mol. The second kappa shape index (κ2) is 10.2. The van der Waals surface area contributed by atoms with Crippen molar-refractivity contribution >= 4 is 34.4 Å². The zero-order valence-electron chi connectivity index (χ0n) is 22.0. The van der Waals surface area contributed by atoms with Crippen molar-refractivity contribution in [1.29, 1.82) is 0 Å². The van der Waals surface area contributed by atoms with E-state index in [0.717, 1.165) is 45.0 Å². The molecule has 0 unspecified atom stereocenters. The number of esters is 1. The molecule has 1 aromatic carbocycles. The Bertz CT molecular complexity index is 1520. The van der Waals surface area contributed by atoms with Gasteiger partial charge in [-0.2, -0.15) is 14.5 Å². The van der Waals surface area contributed by atoms with Gasteiger partial charge in [-0.3, -0.25) is 4.90 Å². The zero-order valence-corrected chi connectivity index (χ0v) is 22.0. The summed E-state index contributed by atoms with van der Waals surface area (Å²) in [7, 11) is 1.36. The molecule has 0 spiro atoms. The molecule has 12 nitrogen and oxygen atoms in total. The lowest BCUT2D eigenvalue weighted by Gasteiger charge is -2.36. The van der Waals surface area contributed by atoms with E-state index in [1.807, 2.05) is 28.8 Å². The van der Waals surface area contributed by atoms with Crippen LogP contribution in [-0.4, -0.2) is 85.4 Å². The number of imidazole rings is 1. The van der Waals surface area contributed by atoms with Gasteiger partial charge < -0.3 is 24.7 Å². The minimum Gasteiger partial charge on any atom is -0.476 e. The van der Waals surface area contributed by atoms with Crippen molar-refractivity contribution in [2.45, 2.75) is 32.9 Å². The Labute approximate surface area is 220 Å². The Kier molecular flexibility index (Phi) is 6.77. The molecule has 1 saturated heterocycles. The van der Waals surface area contributed by atoms with Crippen molar-refractivity contribution in [1.82, 2.24) is 34.0 Å². The quantitative estimate of drug-likeness (QED) is 0.285.